The molecule has 0 radical (unpaired) electrons. The average molecular weight is 290 g/mol. The van der Waals surface area contributed by atoms with E-state index in [0.717, 1.165) is 58.9 Å². The first kappa shape index (κ1) is 19.8. The normalized spacial score (nSPS) is 14.7. The molecule has 0 aromatic heterocycles. The SMILES string of the molecule is CCOCCN(CCCC(O)(CC)CN)CCOCC. The fraction of sp³-hybridized carbons (Fsp3) is 1.00. The van der Waals surface area contributed by atoms with Crippen molar-refractivity contribution in [2.75, 3.05) is 52.6 Å². The van der Waals surface area contributed by atoms with Crippen LogP contribution in [0.15, 0.2) is 0 Å². The molecule has 0 bridgehead atoms. The van der Waals surface area contributed by atoms with Crippen LogP contribution in [0.3, 0.4) is 0 Å². The average Bonchev–Trinajstić information content (AvgIpc) is 2.47. The van der Waals surface area contributed by atoms with Gasteiger partial charge in [0, 0.05) is 32.8 Å². The van der Waals surface area contributed by atoms with Crippen LogP contribution in [0, 0.1) is 0 Å². The number of hydrogen-bond acceptors (Lipinski definition) is 5. The van der Waals surface area contributed by atoms with Gasteiger partial charge in [0.25, 0.3) is 0 Å². The van der Waals surface area contributed by atoms with E-state index in [9.17, 15) is 5.11 Å². The van der Waals surface area contributed by atoms with Crippen molar-refractivity contribution < 1.29 is 14.6 Å². The molecular formula is C15H34N2O3. The lowest BCUT2D eigenvalue weighted by Gasteiger charge is -2.27. The van der Waals surface area contributed by atoms with Gasteiger partial charge < -0.3 is 20.3 Å². The van der Waals surface area contributed by atoms with Gasteiger partial charge in [0.15, 0.2) is 0 Å². The third-order valence-corrected chi connectivity index (χ3v) is 3.67. The second-order valence-electron chi connectivity index (χ2n) is 5.12. The summed E-state index contributed by atoms with van der Waals surface area (Å²) >= 11 is 0. The summed E-state index contributed by atoms with van der Waals surface area (Å²) < 4.78 is 10.8. The lowest BCUT2D eigenvalue weighted by atomic mass is 9.95. The summed E-state index contributed by atoms with van der Waals surface area (Å²) in [6.45, 7) is 12.1. The lowest BCUT2D eigenvalue weighted by Crippen LogP contribution is -2.38. The van der Waals surface area contributed by atoms with E-state index in [4.69, 9.17) is 15.2 Å². The monoisotopic (exact) mass is 290 g/mol. The summed E-state index contributed by atoms with van der Waals surface area (Å²) in [4.78, 5) is 2.33. The van der Waals surface area contributed by atoms with E-state index in [0.29, 0.717) is 13.0 Å². The van der Waals surface area contributed by atoms with Gasteiger partial charge in [-0.05, 0) is 39.7 Å². The Labute approximate surface area is 124 Å². The van der Waals surface area contributed by atoms with Gasteiger partial charge in [-0.3, -0.25) is 4.90 Å². The number of ether oxygens (including phenoxy) is 2. The Morgan fingerprint density at radius 2 is 1.55 bits per heavy atom. The molecule has 0 spiro atoms. The molecule has 0 amide bonds. The Morgan fingerprint density at radius 1 is 1.00 bits per heavy atom. The van der Waals surface area contributed by atoms with E-state index < -0.39 is 5.60 Å². The molecule has 5 nitrogen and oxygen atoms in total. The number of aliphatic hydroxyl groups is 1. The van der Waals surface area contributed by atoms with Gasteiger partial charge in [-0.25, -0.2) is 0 Å². The largest absolute Gasteiger partial charge is 0.389 e. The zero-order chi connectivity index (χ0) is 15.3. The predicted molar refractivity (Wildman–Crippen MR) is 83.0 cm³/mol. The quantitative estimate of drug-likeness (QED) is 0.471. The van der Waals surface area contributed by atoms with Gasteiger partial charge in [0.1, 0.15) is 0 Å². The standard InChI is InChI=1S/C15H34N2O3/c1-4-15(18,14-16)8-7-9-17(10-12-19-5-2)11-13-20-6-3/h18H,4-14,16H2,1-3H3. The molecule has 3 N–H and O–H groups in total. The first-order chi connectivity index (χ1) is 9.61. The summed E-state index contributed by atoms with van der Waals surface area (Å²) in [7, 11) is 0. The smallest absolute Gasteiger partial charge is 0.0767 e. The van der Waals surface area contributed by atoms with Crippen molar-refractivity contribution >= 4 is 0 Å². The van der Waals surface area contributed by atoms with Crippen LogP contribution in [0.25, 0.3) is 0 Å². The number of nitrogens with two attached hydrogens (primary N) is 1. The first-order valence-electron chi connectivity index (χ1n) is 7.92. The van der Waals surface area contributed by atoms with E-state index in [1.54, 1.807) is 0 Å². The van der Waals surface area contributed by atoms with Gasteiger partial charge in [0.05, 0.1) is 18.8 Å². The Bertz CT molecular complexity index is 201. The van der Waals surface area contributed by atoms with E-state index in [1.165, 1.54) is 0 Å². The zero-order valence-corrected chi connectivity index (χ0v) is 13.6. The molecule has 0 rings (SSSR count). The topological polar surface area (TPSA) is 68.0 Å². The molecule has 0 heterocycles. The first-order valence-corrected chi connectivity index (χ1v) is 7.92. The summed E-state index contributed by atoms with van der Waals surface area (Å²) in [5, 5.41) is 10.2. The molecule has 1 atom stereocenters. The molecule has 0 aliphatic carbocycles. The highest BCUT2D eigenvalue weighted by Gasteiger charge is 2.22. The fourth-order valence-corrected chi connectivity index (χ4v) is 2.07. The maximum absolute atomic E-state index is 10.2. The van der Waals surface area contributed by atoms with E-state index in [-0.39, 0.29) is 0 Å². The molecule has 0 aromatic carbocycles. The highest BCUT2D eigenvalue weighted by molar-refractivity contribution is 4.78. The van der Waals surface area contributed by atoms with Crippen molar-refractivity contribution in [3.63, 3.8) is 0 Å². The van der Waals surface area contributed by atoms with Gasteiger partial charge in [-0.15, -0.1) is 0 Å². The number of nitrogens with zero attached hydrogens (tertiary/aromatic N) is 1. The van der Waals surface area contributed by atoms with Gasteiger partial charge in [0.2, 0.25) is 0 Å². The highest BCUT2D eigenvalue weighted by atomic mass is 16.5. The van der Waals surface area contributed by atoms with Crippen molar-refractivity contribution in [3.8, 4) is 0 Å². The van der Waals surface area contributed by atoms with Crippen molar-refractivity contribution in [1.29, 1.82) is 0 Å². The number of hydrogen-bond donors (Lipinski definition) is 2. The maximum Gasteiger partial charge on any atom is 0.0767 e. The Balaban J connectivity index is 3.99. The van der Waals surface area contributed by atoms with E-state index in [1.807, 2.05) is 20.8 Å². The molecule has 0 aliphatic rings. The van der Waals surface area contributed by atoms with Crippen LogP contribution >= 0.6 is 0 Å². The molecule has 0 saturated heterocycles. The summed E-state index contributed by atoms with van der Waals surface area (Å²) in [5.74, 6) is 0. The molecule has 122 valence electrons. The fourth-order valence-electron chi connectivity index (χ4n) is 2.07. The van der Waals surface area contributed by atoms with Crippen LogP contribution < -0.4 is 5.73 Å². The van der Waals surface area contributed by atoms with Crippen molar-refractivity contribution in [2.45, 2.75) is 45.6 Å². The van der Waals surface area contributed by atoms with Crippen molar-refractivity contribution in [1.82, 2.24) is 4.90 Å². The Hall–Kier alpha value is -0.200. The second kappa shape index (κ2) is 12.5. The van der Waals surface area contributed by atoms with Gasteiger partial charge >= 0.3 is 0 Å². The molecule has 0 aromatic rings. The Kier molecular flexibility index (Phi) is 12.4. The molecular weight excluding hydrogens is 256 g/mol. The minimum atomic E-state index is -0.703. The zero-order valence-electron chi connectivity index (χ0n) is 13.6. The number of rotatable bonds is 14. The van der Waals surface area contributed by atoms with Gasteiger partial charge in [-0.1, -0.05) is 6.92 Å². The van der Waals surface area contributed by atoms with E-state index >= 15 is 0 Å². The minimum absolute atomic E-state index is 0.335. The molecule has 1 unspecified atom stereocenters. The second-order valence-corrected chi connectivity index (χ2v) is 5.12. The summed E-state index contributed by atoms with van der Waals surface area (Å²) in [5.41, 5.74) is 4.92. The molecule has 5 heteroatoms. The summed E-state index contributed by atoms with van der Waals surface area (Å²) in [6.07, 6.45) is 2.40. The maximum atomic E-state index is 10.2. The predicted octanol–water partition coefficient (Wildman–Crippen LogP) is 1.24. The molecule has 20 heavy (non-hydrogen) atoms. The van der Waals surface area contributed by atoms with E-state index in [2.05, 4.69) is 4.90 Å². The van der Waals surface area contributed by atoms with Crippen LogP contribution in [0.2, 0.25) is 0 Å². The van der Waals surface area contributed by atoms with Crippen LogP contribution in [-0.2, 0) is 9.47 Å². The summed E-state index contributed by atoms with van der Waals surface area (Å²) in [6, 6.07) is 0. The van der Waals surface area contributed by atoms with Crippen LogP contribution in [0.1, 0.15) is 40.0 Å². The van der Waals surface area contributed by atoms with Crippen LogP contribution in [0.4, 0.5) is 0 Å². The molecule has 0 saturated carbocycles. The van der Waals surface area contributed by atoms with Crippen molar-refractivity contribution in [3.05, 3.63) is 0 Å². The molecule has 0 aliphatic heterocycles. The minimum Gasteiger partial charge on any atom is -0.389 e. The van der Waals surface area contributed by atoms with Crippen LogP contribution in [0.5, 0.6) is 0 Å². The highest BCUT2D eigenvalue weighted by Crippen LogP contribution is 2.15. The Morgan fingerprint density at radius 3 is 1.95 bits per heavy atom. The van der Waals surface area contributed by atoms with Gasteiger partial charge in [-0.2, -0.15) is 0 Å². The third kappa shape index (κ3) is 9.66. The van der Waals surface area contributed by atoms with Crippen LogP contribution in [-0.4, -0.2) is 68.2 Å². The third-order valence-electron chi connectivity index (χ3n) is 3.67. The molecule has 0 fully saturated rings. The van der Waals surface area contributed by atoms with Crippen molar-refractivity contribution in [2.24, 2.45) is 5.73 Å². The lowest BCUT2D eigenvalue weighted by molar-refractivity contribution is 0.0285.